The van der Waals surface area contributed by atoms with Crippen molar-refractivity contribution in [2.45, 2.75) is 12.1 Å². The molecule has 2 rings (SSSR count). The van der Waals surface area contributed by atoms with E-state index in [1.54, 1.807) is 12.1 Å². The Balaban J connectivity index is 2.00. The monoisotopic (exact) mass is 313 g/mol. The first-order valence-electron chi connectivity index (χ1n) is 6.65. The zero-order valence-corrected chi connectivity index (χ0v) is 11.6. The molecule has 0 aliphatic heterocycles. The number of benzene rings is 2. The molecule has 6 heteroatoms. The first kappa shape index (κ1) is 16.3. The topological polar surface area (TPSA) is 35.2 Å². The predicted molar refractivity (Wildman–Crippen MR) is 75.1 cm³/mol. The maximum atomic E-state index is 12.9. The van der Waals surface area contributed by atoms with E-state index in [9.17, 15) is 17.6 Å². The molecule has 0 spiro atoms. The van der Waals surface area contributed by atoms with Crippen molar-refractivity contribution in [2.75, 3.05) is 13.2 Å². The number of ether oxygens (including phenoxy) is 1. The SMILES string of the molecule is NCC(COc1ccc(C(F)(F)F)cc1)c1ccc(F)cc1. The van der Waals surface area contributed by atoms with Gasteiger partial charge in [0.25, 0.3) is 0 Å². The molecule has 2 aromatic rings. The second-order valence-electron chi connectivity index (χ2n) is 4.82. The smallest absolute Gasteiger partial charge is 0.416 e. The molecule has 0 saturated heterocycles. The molecular weight excluding hydrogens is 298 g/mol. The van der Waals surface area contributed by atoms with E-state index in [2.05, 4.69) is 0 Å². The first-order chi connectivity index (χ1) is 10.4. The molecule has 2 aromatic carbocycles. The molecule has 0 amide bonds. The van der Waals surface area contributed by atoms with Crippen molar-refractivity contribution >= 4 is 0 Å². The maximum absolute atomic E-state index is 12.9. The Hall–Kier alpha value is -2.08. The second-order valence-corrected chi connectivity index (χ2v) is 4.82. The molecule has 0 radical (unpaired) electrons. The van der Waals surface area contributed by atoms with Gasteiger partial charge in [0.15, 0.2) is 0 Å². The minimum absolute atomic E-state index is 0.164. The molecule has 1 unspecified atom stereocenters. The van der Waals surface area contributed by atoms with Gasteiger partial charge in [0.1, 0.15) is 11.6 Å². The van der Waals surface area contributed by atoms with Gasteiger partial charge in [-0.05, 0) is 42.0 Å². The molecule has 0 heterocycles. The van der Waals surface area contributed by atoms with Crippen molar-refractivity contribution < 1.29 is 22.3 Å². The molecule has 1 atom stereocenters. The van der Waals surface area contributed by atoms with Gasteiger partial charge in [0.05, 0.1) is 12.2 Å². The van der Waals surface area contributed by atoms with E-state index < -0.39 is 11.7 Å². The molecule has 118 valence electrons. The highest BCUT2D eigenvalue weighted by Gasteiger charge is 2.30. The van der Waals surface area contributed by atoms with E-state index in [0.717, 1.165) is 17.7 Å². The van der Waals surface area contributed by atoms with Gasteiger partial charge in [-0.2, -0.15) is 13.2 Å². The zero-order valence-electron chi connectivity index (χ0n) is 11.6. The molecule has 0 bridgehead atoms. The number of nitrogens with two attached hydrogens (primary N) is 1. The van der Waals surface area contributed by atoms with Crippen LogP contribution in [-0.4, -0.2) is 13.2 Å². The summed E-state index contributed by atoms with van der Waals surface area (Å²) >= 11 is 0. The van der Waals surface area contributed by atoms with Crippen LogP contribution in [0.2, 0.25) is 0 Å². The van der Waals surface area contributed by atoms with E-state index in [-0.39, 0.29) is 24.9 Å². The quantitative estimate of drug-likeness (QED) is 0.848. The van der Waals surface area contributed by atoms with Crippen LogP contribution in [0.5, 0.6) is 5.75 Å². The van der Waals surface area contributed by atoms with Gasteiger partial charge in [-0.25, -0.2) is 4.39 Å². The number of hydrogen-bond donors (Lipinski definition) is 1. The van der Waals surface area contributed by atoms with Crippen molar-refractivity contribution in [3.63, 3.8) is 0 Å². The maximum Gasteiger partial charge on any atom is 0.416 e. The lowest BCUT2D eigenvalue weighted by Gasteiger charge is -2.16. The molecule has 0 fully saturated rings. The lowest BCUT2D eigenvalue weighted by atomic mass is 10.0. The summed E-state index contributed by atoms with van der Waals surface area (Å²) in [7, 11) is 0. The summed E-state index contributed by atoms with van der Waals surface area (Å²) in [6.45, 7) is 0.486. The van der Waals surface area contributed by atoms with Crippen LogP contribution in [0.25, 0.3) is 0 Å². The summed E-state index contributed by atoms with van der Waals surface area (Å²) in [6.07, 6.45) is -4.37. The van der Waals surface area contributed by atoms with Crippen molar-refractivity contribution in [3.05, 3.63) is 65.5 Å². The molecule has 22 heavy (non-hydrogen) atoms. The average Bonchev–Trinajstić information content (AvgIpc) is 2.49. The van der Waals surface area contributed by atoms with Crippen LogP contribution in [0.3, 0.4) is 0 Å². The van der Waals surface area contributed by atoms with Crippen molar-refractivity contribution in [3.8, 4) is 5.75 Å². The summed E-state index contributed by atoms with van der Waals surface area (Å²) < 4.78 is 55.7. The molecule has 0 aromatic heterocycles. The van der Waals surface area contributed by atoms with Gasteiger partial charge in [-0.15, -0.1) is 0 Å². The van der Waals surface area contributed by atoms with Crippen molar-refractivity contribution in [1.29, 1.82) is 0 Å². The van der Waals surface area contributed by atoms with Gasteiger partial charge >= 0.3 is 6.18 Å². The van der Waals surface area contributed by atoms with Crippen LogP contribution in [0, 0.1) is 5.82 Å². The molecule has 0 aliphatic carbocycles. The Morgan fingerprint density at radius 1 is 0.955 bits per heavy atom. The predicted octanol–water partition coefficient (Wildman–Crippen LogP) is 3.97. The van der Waals surface area contributed by atoms with Gasteiger partial charge in [0, 0.05) is 12.5 Å². The highest BCUT2D eigenvalue weighted by atomic mass is 19.4. The first-order valence-corrected chi connectivity index (χ1v) is 6.65. The molecule has 2 N–H and O–H groups in total. The van der Waals surface area contributed by atoms with Crippen LogP contribution in [-0.2, 0) is 6.18 Å². The Labute approximate surface area is 125 Å². The molecule has 2 nitrogen and oxygen atoms in total. The Bertz CT molecular complexity index is 593. The van der Waals surface area contributed by atoms with E-state index in [0.29, 0.717) is 5.75 Å². The Morgan fingerprint density at radius 2 is 1.55 bits per heavy atom. The molecule has 0 aliphatic rings. The third-order valence-corrected chi connectivity index (χ3v) is 3.26. The van der Waals surface area contributed by atoms with Crippen LogP contribution in [0.15, 0.2) is 48.5 Å². The fourth-order valence-electron chi connectivity index (χ4n) is 1.97. The summed E-state index contributed by atoms with van der Waals surface area (Å²) in [5.41, 5.74) is 5.75. The van der Waals surface area contributed by atoms with Crippen LogP contribution >= 0.6 is 0 Å². The van der Waals surface area contributed by atoms with E-state index in [1.165, 1.54) is 24.3 Å². The highest BCUT2D eigenvalue weighted by molar-refractivity contribution is 5.29. The van der Waals surface area contributed by atoms with Crippen LogP contribution in [0.4, 0.5) is 17.6 Å². The number of hydrogen-bond acceptors (Lipinski definition) is 2. The fraction of sp³-hybridized carbons (Fsp3) is 0.250. The van der Waals surface area contributed by atoms with E-state index in [4.69, 9.17) is 10.5 Å². The summed E-state index contributed by atoms with van der Waals surface area (Å²) in [5, 5.41) is 0. The van der Waals surface area contributed by atoms with Crippen LogP contribution in [0.1, 0.15) is 17.0 Å². The lowest BCUT2D eigenvalue weighted by Crippen LogP contribution is -2.19. The summed E-state index contributed by atoms with van der Waals surface area (Å²) in [4.78, 5) is 0. The number of alkyl halides is 3. The minimum Gasteiger partial charge on any atom is -0.493 e. The molecular formula is C16H15F4NO. The highest BCUT2D eigenvalue weighted by Crippen LogP contribution is 2.30. The van der Waals surface area contributed by atoms with Gasteiger partial charge < -0.3 is 10.5 Å². The van der Waals surface area contributed by atoms with Crippen molar-refractivity contribution in [1.82, 2.24) is 0 Å². The lowest BCUT2D eigenvalue weighted by molar-refractivity contribution is -0.137. The number of rotatable bonds is 5. The minimum atomic E-state index is -4.37. The van der Waals surface area contributed by atoms with Crippen LogP contribution < -0.4 is 10.5 Å². The molecule has 0 saturated carbocycles. The van der Waals surface area contributed by atoms with Gasteiger partial charge in [-0.3, -0.25) is 0 Å². The normalized spacial score (nSPS) is 13.0. The average molecular weight is 313 g/mol. The zero-order chi connectivity index (χ0) is 16.2. The van der Waals surface area contributed by atoms with Gasteiger partial charge in [-0.1, -0.05) is 12.1 Å². The van der Waals surface area contributed by atoms with Crippen molar-refractivity contribution in [2.24, 2.45) is 5.73 Å². The van der Waals surface area contributed by atoms with E-state index in [1.807, 2.05) is 0 Å². The second kappa shape index (κ2) is 6.79. The largest absolute Gasteiger partial charge is 0.493 e. The van der Waals surface area contributed by atoms with E-state index >= 15 is 0 Å². The Morgan fingerprint density at radius 3 is 2.05 bits per heavy atom. The fourth-order valence-corrected chi connectivity index (χ4v) is 1.97. The third kappa shape index (κ3) is 4.21. The Kier molecular flexibility index (Phi) is 5.03. The summed E-state index contributed by atoms with van der Waals surface area (Å²) in [6, 6.07) is 10.3. The van der Waals surface area contributed by atoms with Gasteiger partial charge in [0.2, 0.25) is 0 Å². The standard InChI is InChI=1S/C16H15F4NO/c17-14-5-1-11(2-6-14)12(9-21)10-22-15-7-3-13(4-8-15)16(18,19)20/h1-8,12H,9-10,21H2. The summed E-state index contributed by atoms with van der Waals surface area (Å²) in [5.74, 6) is -0.181. The number of halogens is 4. The third-order valence-electron chi connectivity index (χ3n) is 3.26.